The van der Waals surface area contributed by atoms with Crippen LogP contribution in [-0.4, -0.2) is 60.0 Å². The standard InChI is InChI=1S/C18H24N4O3/c1-21(9-10-22-7-3-2-4-8-22)12-17-19-18(20-25-17)14-5-6-15-16(11-14)24-13-23-15/h5-6,11H,2-4,7-10,12-13H2,1H3. The molecule has 25 heavy (non-hydrogen) atoms. The van der Waals surface area contributed by atoms with Crippen LogP contribution in [0.25, 0.3) is 11.4 Å². The van der Waals surface area contributed by atoms with Gasteiger partial charge in [0.2, 0.25) is 18.5 Å². The number of likely N-dealkylation sites (N-methyl/N-ethyl adjacent to an activating group) is 1. The summed E-state index contributed by atoms with van der Waals surface area (Å²) in [4.78, 5) is 9.27. The highest BCUT2D eigenvalue weighted by Gasteiger charge is 2.17. The molecule has 1 fully saturated rings. The van der Waals surface area contributed by atoms with E-state index < -0.39 is 0 Å². The smallest absolute Gasteiger partial charge is 0.241 e. The lowest BCUT2D eigenvalue weighted by Crippen LogP contribution is -2.36. The summed E-state index contributed by atoms with van der Waals surface area (Å²) in [5, 5.41) is 4.10. The first-order chi connectivity index (χ1) is 12.3. The van der Waals surface area contributed by atoms with Gasteiger partial charge in [0.05, 0.1) is 6.54 Å². The number of aromatic nitrogens is 2. The second-order valence-corrected chi connectivity index (χ2v) is 6.72. The first kappa shape index (κ1) is 16.4. The zero-order chi connectivity index (χ0) is 17.1. The van der Waals surface area contributed by atoms with Crippen LogP contribution in [0.3, 0.4) is 0 Å². The Morgan fingerprint density at radius 2 is 1.96 bits per heavy atom. The molecule has 1 aromatic carbocycles. The maximum atomic E-state index is 5.41. The van der Waals surface area contributed by atoms with Gasteiger partial charge >= 0.3 is 0 Å². The Morgan fingerprint density at radius 1 is 1.12 bits per heavy atom. The molecule has 2 aliphatic rings. The molecule has 0 unspecified atom stereocenters. The molecule has 0 N–H and O–H groups in total. The normalized spacial score (nSPS) is 17.4. The van der Waals surface area contributed by atoms with Crippen molar-refractivity contribution < 1.29 is 14.0 Å². The van der Waals surface area contributed by atoms with Gasteiger partial charge in [-0.05, 0) is 51.2 Å². The molecule has 0 radical (unpaired) electrons. The third kappa shape index (κ3) is 3.93. The molecule has 0 aliphatic carbocycles. The molecule has 0 bridgehead atoms. The Morgan fingerprint density at radius 3 is 2.84 bits per heavy atom. The fourth-order valence-corrected chi connectivity index (χ4v) is 3.28. The number of hydrogen-bond acceptors (Lipinski definition) is 7. The summed E-state index contributed by atoms with van der Waals surface area (Å²) >= 11 is 0. The average molecular weight is 344 g/mol. The quantitative estimate of drug-likeness (QED) is 0.797. The Bertz CT molecular complexity index is 712. The minimum atomic E-state index is 0.262. The van der Waals surface area contributed by atoms with E-state index in [-0.39, 0.29) is 6.79 Å². The van der Waals surface area contributed by atoms with Crippen molar-refractivity contribution in [2.45, 2.75) is 25.8 Å². The molecule has 7 heteroatoms. The zero-order valence-electron chi connectivity index (χ0n) is 14.6. The molecule has 7 nitrogen and oxygen atoms in total. The van der Waals surface area contributed by atoms with E-state index in [9.17, 15) is 0 Å². The van der Waals surface area contributed by atoms with E-state index in [4.69, 9.17) is 14.0 Å². The van der Waals surface area contributed by atoms with Crippen molar-refractivity contribution in [3.8, 4) is 22.9 Å². The summed E-state index contributed by atoms with van der Waals surface area (Å²) < 4.78 is 16.1. The van der Waals surface area contributed by atoms with Gasteiger partial charge in [-0.15, -0.1) is 0 Å². The number of likely N-dealkylation sites (tertiary alicyclic amines) is 1. The highest BCUT2D eigenvalue weighted by Crippen LogP contribution is 2.35. The summed E-state index contributed by atoms with van der Waals surface area (Å²) in [7, 11) is 2.09. The predicted molar refractivity (Wildman–Crippen MR) is 92.5 cm³/mol. The molecule has 2 aromatic rings. The summed E-state index contributed by atoms with van der Waals surface area (Å²) in [5.41, 5.74) is 0.871. The van der Waals surface area contributed by atoms with Crippen molar-refractivity contribution >= 4 is 0 Å². The topological polar surface area (TPSA) is 63.9 Å². The van der Waals surface area contributed by atoms with Gasteiger partial charge in [0, 0.05) is 18.7 Å². The third-order valence-corrected chi connectivity index (χ3v) is 4.75. The van der Waals surface area contributed by atoms with E-state index >= 15 is 0 Å². The van der Waals surface area contributed by atoms with Crippen LogP contribution in [0.2, 0.25) is 0 Å². The van der Waals surface area contributed by atoms with Crippen molar-refractivity contribution in [3.05, 3.63) is 24.1 Å². The number of piperidine rings is 1. The molecule has 0 amide bonds. The van der Waals surface area contributed by atoms with E-state index in [1.165, 1.54) is 32.4 Å². The SMILES string of the molecule is CN(CCN1CCCCC1)Cc1nc(-c2ccc3c(c2)OCO3)no1. The summed E-state index contributed by atoms with van der Waals surface area (Å²) in [6.07, 6.45) is 4.02. The molecular weight excluding hydrogens is 320 g/mol. The monoisotopic (exact) mass is 344 g/mol. The van der Waals surface area contributed by atoms with Crippen LogP contribution in [0.1, 0.15) is 25.2 Å². The molecule has 0 saturated carbocycles. The van der Waals surface area contributed by atoms with Gasteiger partial charge in [-0.3, -0.25) is 4.90 Å². The minimum absolute atomic E-state index is 0.262. The van der Waals surface area contributed by atoms with Gasteiger partial charge in [-0.1, -0.05) is 11.6 Å². The number of hydrogen-bond donors (Lipinski definition) is 0. The fourth-order valence-electron chi connectivity index (χ4n) is 3.28. The van der Waals surface area contributed by atoms with Gasteiger partial charge in [0.1, 0.15) is 0 Å². The first-order valence-electron chi connectivity index (χ1n) is 8.91. The molecule has 4 rings (SSSR count). The maximum Gasteiger partial charge on any atom is 0.241 e. The second kappa shape index (κ2) is 7.41. The summed E-state index contributed by atoms with van der Waals surface area (Å²) in [6.45, 7) is 5.47. The van der Waals surface area contributed by atoms with Crippen molar-refractivity contribution in [3.63, 3.8) is 0 Å². The van der Waals surface area contributed by atoms with Crippen LogP contribution in [-0.2, 0) is 6.54 Å². The van der Waals surface area contributed by atoms with E-state index in [0.29, 0.717) is 18.3 Å². The predicted octanol–water partition coefficient (Wildman–Crippen LogP) is 2.38. The van der Waals surface area contributed by atoms with Crippen LogP contribution in [0, 0.1) is 0 Å². The summed E-state index contributed by atoms with van der Waals surface area (Å²) in [5.74, 6) is 2.69. The largest absolute Gasteiger partial charge is 0.454 e. The fraction of sp³-hybridized carbons (Fsp3) is 0.556. The van der Waals surface area contributed by atoms with Gasteiger partial charge in [-0.25, -0.2) is 0 Å². The third-order valence-electron chi connectivity index (χ3n) is 4.75. The van der Waals surface area contributed by atoms with Crippen LogP contribution in [0.15, 0.2) is 22.7 Å². The van der Waals surface area contributed by atoms with Crippen LogP contribution in [0.4, 0.5) is 0 Å². The average Bonchev–Trinajstić information content (AvgIpc) is 3.29. The molecular formula is C18H24N4O3. The Labute approximate surface area is 147 Å². The molecule has 1 aromatic heterocycles. The van der Waals surface area contributed by atoms with Crippen molar-refractivity contribution in [1.29, 1.82) is 0 Å². The Kier molecular flexibility index (Phi) is 4.85. The van der Waals surface area contributed by atoms with Crippen molar-refractivity contribution in [1.82, 2.24) is 19.9 Å². The van der Waals surface area contributed by atoms with Gasteiger partial charge in [0.25, 0.3) is 0 Å². The first-order valence-corrected chi connectivity index (χ1v) is 8.91. The number of fused-ring (bicyclic) bond motifs is 1. The molecule has 0 spiro atoms. The number of nitrogens with zero attached hydrogens (tertiary/aromatic N) is 4. The maximum absolute atomic E-state index is 5.41. The minimum Gasteiger partial charge on any atom is -0.454 e. The Balaban J connectivity index is 1.33. The lowest BCUT2D eigenvalue weighted by atomic mass is 10.1. The van der Waals surface area contributed by atoms with E-state index in [1.54, 1.807) is 0 Å². The van der Waals surface area contributed by atoms with Gasteiger partial charge < -0.3 is 18.9 Å². The lowest BCUT2D eigenvalue weighted by Gasteiger charge is -2.28. The van der Waals surface area contributed by atoms with E-state index in [1.807, 2.05) is 18.2 Å². The molecule has 2 aliphatic heterocycles. The zero-order valence-corrected chi connectivity index (χ0v) is 14.6. The van der Waals surface area contributed by atoms with Crippen molar-refractivity contribution in [2.24, 2.45) is 0 Å². The van der Waals surface area contributed by atoms with Crippen molar-refractivity contribution in [2.75, 3.05) is 40.0 Å². The van der Waals surface area contributed by atoms with Crippen LogP contribution in [0.5, 0.6) is 11.5 Å². The molecule has 1 saturated heterocycles. The number of benzene rings is 1. The Hall–Kier alpha value is -2.12. The van der Waals surface area contributed by atoms with Crippen LogP contribution >= 0.6 is 0 Å². The summed E-state index contributed by atoms with van der Waals surface area (Å²) in [6, 6.07) is 5.68. The molecule has 0 atom stereocenters. The lowest BCUT2D eigenvalue weighted by molar-refractivity contribution is 0.174. The number of rotatable bonds is 6. The molecule has 3 heterocycles. The number of ether oxygens (including phenoxy) is 2. The second-order valence-electron chi connectivity index (χ2n) is 6.72. The van der Waals surface area contributed by atoms with E-state index in [0.717, 1.165) is 30.2 Å². The van der Waals surface area contributed by atoms with Crippen LogP contribution < -0.4 is 9.47 Å². The highest BCUT2D eigenvalue weighted by molar-refractivity contribution is 5.61. The van der Waals surface area contributed by atoms with Gasteiger partial charge in [0.15, 0.2) is 11.5 Å². The van der Waals surface area contributed by atoms with Gasteiger partial charge in [-0.2, -0.15) is 4.98 Å². The molecule has 134 valence electrons. The van der Waals surface area contributed by atoms with E-state index in [2.05, 4.69) is 27.0 Å². The highest BCUT2D eigenvalue weighted by atomic mass is 16.7.